The number of methoxy groups -OCH3 is 1. The maximum absolute atomic E-state index is 13.3. The van der Waals surface area contributed by atoms with Crippen LogP contribution in [0.4, 0.5) is 5.69 Å². The number of anilines is 1. The number of fused-ring (bicyclic) bond motifs is 2. The standard InChI is InChI=1S/C26H30ClN3O6/c1-30-21-9-8-18(12-24(31)28-13-16-5-3-4-6-20(16)27)36-23(21)14-35-22-10-7-17(11-19(22)26(30)33)29-25(32)15-34-2/h3-7,10-11,18,21,23H,8-9,12-15H2,1-2H3,(H,28,31)(H,29,32)/t18-,21+,23-/m0/s1. The van der Waals surface area contributed by atoms with E-state index < -0.39 is 0 Å². The molecule has 1 fully saturated rings. The van der Waals surface area contributed by atoms with Crippen LogP contribution in [0.1, 0.15) is 35.2 Å². The van der Waals surface area contributed by atoms with Crippen LogP contribution in [0.15, 0.2) is 42.5 Å². The largest absolute Gasteiger partial charge is 0.490 e. The fraction of sp³-hybridized carbons (Fsp3) is 0.423. The minimum Gasteiger partial charge on any atom is -0.490 e. The van der Waals surface area contributed by atoms with Crippen molar-refractivity contribution in [1.29, 1.82) is 0 Å². The third-order valence-corrected chi connectivity index (χ3v) is 6.79. The van der Waals surface area contributed by atoms with E-state index in [1.165, 1.54) is 7.11 Å². The summed E-state index contributed by atoms with van der Waals surface area (Å²) >= 11 is 6.16. The van der Waals surface area contributed by atoms with E-state index in [4.69, 9.17) is 25.8 Å². The molecule has 2 aromatic carbocycles. The van der Waals surface area contributed by atoms with Crippen LogP contribution in [-0.2, 0) is 25.6 Å². The highest BCUT2D eigenvalue weighted by molar-refractivity contribution is 6.31. The molecule has 1 saturated heterocycles. The summed E-state index contributed by atoms with van der Waals surface area (Å²) in [4.78, 5) is 39.4. The molecule has 9 nitrogen and oxygen atoms in total. The first kappa shape index (κ1) is 25.9. The second-order valence-corrected chi connectivity index (χ2v) is 9.34. The van der Waals surface area contributed by atoms with Crippen LogP contribution in [-0.4, -0.2) is 68.2 Å². The van der Waals surface area contributed by atoms with Gasteiger partial charge in [0.15, 0.2) is 0 Å². The topological polar surface area (TPSA) is 106 Å². The molecule has 3 atom stereocenters. The maximum atomic E-state index is 13.3. The van der Waals surface area contributed by atoms with E-state index in [0.29, 0.717) is 41.4 Å². The number of benzene rings is 2. The van der Waals surface area contributed by atoms with E-state index in [2.05, 4.69) is 10.6 Å². The quantitative estimate of drug-likeness (QED) is 0.587. The van der Waals surface area contributed by atoms with Gasteiger partial charge in [-0.05, 0) is 42.7 Å². The van der Waals surface area contributed by atoms with Gasteiger partial charge < -0.3 is 29.7 Å². The summed E-state index contributed by atoms with van der Waals surface area (Å²) in [5.41, 5.74) is 1.71. The van der Waals surface area contributed by atoms with E-state index in [-0.39, 0.29) is 55.6 Å². The molecule has 0 aromatic heterocycles. The van der Waals surface area contributed by atoms with Gasteiger partial charge in [0, 0.05) is 31.4 Å². The Labute approximate surface area is 215 Å². The Morgan fingerprint density at radius 1 is 1.17 bits per heavy atom. The van der Waals surface area contributed by atoms with E-state index >= 15 is 0 Å². The van der Waals surface area contributed by atoms with E-state index in [1.807, 2.05) is 18.2 Å². The molecular weight excluding hydrogens is 486 g/mol. The molecule has 2 aliphatic rings. The van der Waals surface area contributed by atoms with Gasteiger partial charge in [-0.15, -0.1) is 0 Å². The first-order valence-electron chi connectivity index (χ1n) is 11.8. The molecule has 2 aliphatic heterocycles. The minimum absolute atomic E-state index is 0.0816. The predicted octanol–water partition coefficient (Wildman–Crippen LogP) is 3.01. The van der Waals surface area contributed by atoms with Crippen molar-refractivity contribution in [2.45, 2.75) is 44.1 Å². The molecule has 10 heteroatoms. The Kier molecular flexibility index (Phi) is 8.45. The highest BCUT2D eigenvalue weighted by Crippen LogP contribution is 2.32. The lowest BCUT2D eigenvalue weighted by atomic mass is 9.94. The predicted molar refractivity (Wildman–Crippen MR) is 134 cm³/mol. The molecule has 2 heterocycles. The molecule has 0 aliphatic carbocycles. The first-order valence-corrected chi connectivity index (χ1v) is 12.2. The summed E-state index contributed by atoms with van der Waals surface area (Å²) in [6, 6.07) is 12.1. The summed E-state index contributed by atoms with van der Waals surface area (Å²) in [6.45, 7) is 0.506. The third kappa shape index (κ3) is 6.16. The summed E-state index contributed by atoms with van der Waals surface area (Å²) in [6.07, 6.45) is 0.883. The van der Waals surface area contributed by atoms with Crippen molar-refractivity contribution in [3.63, 3.8) is 0 Å². The Morgan fingerprint density at radius 2 is 1.97 bits per heavy atom. The van der Waals surface area contributed by atoms with Gasteiger partial charge in [-0.2, -0.15) is 0 Å². The van der Waals surface area contributed by atoms with Crippen LogP contribution < -0.4 is 15.4 Å². The molecule has 0 saturated carbocycles. The van der Waals surface area contributed by atoms with Gasteiger partial charge in [0.25, 0.3) is 5.91 Å². The van der Waals surface area contributed by atoms with Crippen molar-refractivity contribution >= 4 is 35.0 Å². The Balaban J connectivity index is 1.38. The summed E-state index contributed by atoms with van der Waals surface area (Å²) in [5, 5.41) is 6.22. The van der Waals surface area contributed by atoms with Crippen LogP contribution >= 0.6 is 11.6 Å². The number of nitrogens with one attached hydrogen (secondary N) is 2. The molecule has 36 heavy (non-hydrogen) atoms. The number of likely N-dealkylation sites (N-methyl/N-ethyl adjacent to an activating group) is 1. The summed E-state index contributed by atoms with van der Waals surface area (Å²) in [5.74, 6) is -0.240. The molecule has 0 bridgehead atoms. The molecular formula is C26H30ClN3O6. The second kappa shape index (κ2) is 11.7. The molecule has 3 amide bonds. The number of hydrogen-bond acceptors (Lipinski definition) is 6. The minimum atomic E-state index is -0.372. The van der Waals surface area contributed by atoms with Gasteiger partial charge in [-0.25, -0.2) is 0 Å². The number of rotatable bonds is 7. The SMILES string of the molecule is COCC(=O)Nc1ccc2c(c1)C(=O)N(C)[C@@H]1CC[C@@H](CC(=O)NCc3ccccc3Cl)O[C@H]1CO2. The van der Waals surface area contributed by atoms with Gasteiger partial charge >= 0.3 is 0 Å². The Bertz CT molecular complexity index is 1130. The molecule has 0 spiro atoms. The molecule has 2 aromatic rings. The van der Waals surface area contributed by atoms with E-state index in [1.54, 1.807) is 36.2 Å². The van der Waals surface area contributed by atoms with Crippen LogP contribution in [0.5, 0.6) is 5.75 Å². The number of amides is 3. The number of carbonyl (C=O) groups excluding carboxylic acids is 3. The molecule has 192 valence electrons. The molecule has 0 radical (unpaired) electrons. The second-order valence-electron chi connectivity index (χ2n) is 8.93. The zero-order chi connectivity index (χ0) is 25.7. The average molecular weight is 516 g/mol. The fourth-order valence-corrected chi connectivity index (χ4v) is 4.75. The lowest BCUT2D eigenvalue weighted by Crippen LogP contribution is -2.53. The summed E-state index contributed by atoms with van der Waals surface area (Å²) < 4.78 is 17.0. The van der Waals surface area contributed by atoms with Crippen LogP contribution in [0.25, 0.3) is 0 Å². The molecule has 0 unspecified atom stereocenters. The van der Waals surface area contributed by atoms with Gasteiger partial charge in [0.05, 0.1) is 24.1 Å². The zero-order valence-corrected chi connectivity index (χ0v) is 21.0. The maximum Gasteiger partial charge on any atom is 0.257 e. The Hall–Kier alpha value is -3.14. The van der Waals surface area contributed by atoms with Crippen molar-refractivity contribution in [3.05, 3.63) is 58.6 Å². The molecule has 4 rings (SSSR count). The van der Waals surface area contributed by atoms with Gasteiger partial charge in [-0.3, -0.25) is 14.4 Å². The lowest BCUT2D eigenvalue weighted by Gasteiger charge is -2.42. The van der Waals surface area contributed by atoms with Crippen molar-refractivity contribution in [1.82, 2.24) is 10.2 Å². The number of carbonyl (C=O) groups is 3. The van der Waals surface area contributed by atoms with E-state index in [9.17, 15) is 14.4 Å². The van der Waals surface area contributed by atoms with Crippen molar-refractivity contribution < 1.29 is 28.6 Å². The van der Waals surface area contributed by atoms with Gasteiger partial charge in [-0.1, -0.05) is 29.8 Å². The lowest BCUT2D eigenvalue weighted by molar-refractivity contribution is -0.134. The van der Waals surface area contributed by atoms with Crippen molar-refractivity contribution in [2.24, 2.45) is 0 Å². The van der Waals surface area contributed by atoms with Crippen LogP contribution in [0, 0.1) is 0 Å². The van der Waals surface area contributed by atoms with Crippen molar-refractivity contribution in [2.75, 3.05) is 32.7 Å². The monoisotopic (exact) mass is 515 g/mol. The highest BCUT2D eigenvalue weighted by Gasteiger charge is 2.39. The number of nitrogens with zero attached hydrogens (tertiary/aromatic N) is 1. The van der Waals surface area contributed by atoms with Crippen LogP contribution in [0.2, 0.25) is 5.02 Å². The smallest absolute Gasteiger partial charge is 0.257 e. The highest BCUT2D eigenvalue weighted by atomic mass is 35.5. The zero-order valence-electron chi connectivity index (χ0n) is 20.3. The average Bonchev–Trinajstić information content (AvgIpc) is 2.86. The first-order chi connectivity index (χ1) is 17.4. The third-order valence-electron chi connectivity index (χ3n) is 6.42. The fourth-order valence-electron chi connectivity index (χ4n) is 4.55. The van der Waals surface area contributed by atoms with Gasteiger partial charge in [0.2, 0.25) is 11.8 Å². The van der Waals surface area contributed by atoms with Crippen molar-refractivity contribution in [3.8, 4) is 5.75 Å². The number of halogens is 1. The number of ether oxygens (including phenoxy) is 3. The normalized spacial score (nSPS) is 21.4. The van der Waals surface area contributed by atoms with E-state index in [0.717, 1.165) is 5.56 Å². The van der Waals surface area contributed by atoms with Crippen LogP contribution in [0.3, 0.4) is 0 Å². The Morgan fingerprint density at radius 3 is 2.75 bits per heavy atom. The number of hydrogen-bond donors (Lipinski definition) is 2. The summed E-state index contributed by atoms with van der Waals surface area (Å²) in [7, 11) is 3.18. The van der Waals surface area contributed by atoms with Gasteiger partial charge in [0.1, 0.15) is 25.1 Å². The molecule has 2 N–H and O–H groups in total.